The zero-order valence-corrected chi connectivity index (χ0v) is 16.0. The highest BCUT2D eigenvalue weighted by Crippen LogP contribution is 2.26. The minimum atomic E-state index is -3.75. The molecular weight excluding hydrogens is 372 g/mol. The first-order chi connectivity index (χ1) is 11.1. The highest BCUT2D eigenvalue weighted by atomic mass is 35.5. The number of aromatic nitrogens is 2. The second-order valence-electron chi connectivity index (χ2n) is 5.49. The Morgan fingerprint density at radius 1 is 1.29 bits per heavy atom. The molecule has 0 bridgehead atoms. The van der Waals surface area contributed by atoms with Crippen LogP contribution in [0, 0.1) is 0 Å². The molecule has 130 valence electrons. The molecule has 0 unspecified atom stereocenters. The van der Waals surface area contributed by atoms with Gasteiger partial charge in [0.1, 0.15) is 9.90 Å². The van der Waals surface area contributed by atoms with Gasteiger partial charge in [-0.15, -0.1) is 10.2 Å². The fourth-order valence-electron chi connectivity index (χ4n) is 1.73. The maximum atomic E-state index is 12.3. The third-order valence-electron chi connectivity index (χ3n) is 3.11. The Morgan fingerprint density at radius 3 is 2.50 bits per heavy atom. The number of nitrogens with zero attached hydrogens (tertiary/aromatic N) is 3. The Balaban J connectivity index is 2.30. The Hall–Kier alpha value is -1.55. The molecule has 1 amide bonds. The molecule has 0 saturated carbocycles. The number of rotatable bonds is 5. The predicted octanol–water partition coefficient (Wildman–Crippen LogP) is 2.82. The molecule has 0 aliphatic carbocycles. The lowest BCUT2D eigenvalue weighted by molar-refractivity contribution is 0.102. The van der Waals surface area contributed by atoms with Crippen LogP contribution in [-0.4, -0.2) is 42.9 Å². The van der Waals surface area contributed by atoms with E-state index in [-0.39, 0.29) is 21.4 Å². The van der Waals surface area contributed by atoms with Crippen LogP contribution in [0.15, 0.2) is 23.1 Å². The van der Waals surface area contributed by atoms with Gasteiger partial charge < -0.3 is 0 Å². The monoisotopic (exact) mass is 388 g/mol. The lowest BCUT2D eigenvalue weighted by Gasteiger charge is -2.13. The molecule has 24 heavy (non-hydrogen) atoms. The van der Waals surface area contributed by atoms with Crippen LogP contribution in [0.5, 0.6) is 0 Å². The average Bonchev–Trinajstić information content (AvgIpc) is 2.96. The van der Waals surface area contributed by atoms with Gasteiger partial charge in [-0.05, 0) is 18.2 Å². The third-order valence-corrected chi connectivity index (χ3v) is 6.54. The van der Waals surface area contributed by atoms with Gasteiger partial charge in [-0.1, -0.05) is 36.8 Å². The van der Waals surface area contributed by atoms with E-state index in [2.05, 4.69) is 15.5 Å². The molecule has 1 aromatic heterocycles. The van der Waals surface area contributed by atoms with Gasteiger partial charge in [-0.25, -0.2) is 12.7 Å². The maximum Gasteiger partial charge on any atom is 0.257 e. The molecule has 1 aromatic carbocycles. The number of benzene rings is 1. The zero-order chi connectivity index (χ0) is 18.1. The van der Waals surface area contributed by atoms with E-state index in [1.165, 1.54) is 43.6 Å². The standard InChI is InChI=1S/C14H17ClN4O3S2/c1-8(2)13-17-18-14(23-13)16-12(20)9-5-6-10(15)11(7-9)24(21,22)19(3)4/h5-8H,1-4H3,(H,16,18,20). The number of nitrogens with one attached hydrogen (secondary N) is 1. The first-order valence-electron chi connectivity index (χ1n) is 6.99. The largest absolute Gasteiger partial charge is 0.296 e. The first-order valence-corrected chi connectivity index (χ1v) is 9.63. The van der Waals surface area contributed by atoms with Gasteiger partial charge >= 0.3 is 0 Å². The van der Waals surface area contributed by atoms with E-state index >= 15 is 0 Å². The maximum absolute atomic E-state index is 12.3. The Kier molecular flexibility index (Phi) is 5.59. The van der Waals surface area contributed by atoms with Crippen molar-refractivity contribution in [1.29, 1.82) is 0 Å². The normalized spacial score (nSPS) is 12.0. The van der Waals surface area contributed by atoms with Crippen molar-refractivity contribution in [2.75, 3.05) is 19.4 Å². The lowest BCUT2D eigenvalue weighted by atomic mass is 10.2. The van der Waals surface area contributed by atoms with Gasteiger partial charge in [-0.2, -0.15) is 0 Å². The van der Waals surface area contributed by atoms with Crippen LogP contribution in [0.25, 0.3) is 0 Å². The number of carbonyl (C=O) groups is 1. The summed E-state index contributed by atoms with van der Waals surface area (Å²) in [7, 11) is -0.956. The molecule has 10 heteroatoms. The highest BCUT2D eigenvalue weighted by molar-refractivity contribution is 7.89. The lowest BCUT2D eigenvalue weighted by Crippen LogP contribution is -2.23. The number of sulfonamides is 1. The molecule has 0 atom stereocenters. The minimum absolute atomic E-state index is 0.0539. The Labute approximate surface area is 149 Å². The minimum Gasteiger partial charge on any atom is -0.296 e. The van der Waals surface area contributed by atoms with E-state index in [1.807, 2.05) is 13.8 Å². The van der Waals surface area contributed by atoms with E-state index < -0.39 is 15.9 Å². The predicted molar refractivity (Wildman–Crippen MR) is 94.3 cm³/mol. The number of halogens is 1. The van der Waals surface area contributed by atoms with Crippen LogP contribution >= 0.6 is 22.9 Å². The average molecular weight is 389 g/mol. The zero-order valence-electron chi connectivity index (χ0n) is 13.6. The van der Waals surface area contributed by atoms with Crippen LogP contribution in [0.4, 0.5) is 5.13 Å². The summed E-state index contributed by atoms with van der Waals surface area (Å²) >= 11 is 7.25. The highest BCUT2D eigenvalue weighted by Gasteiger charge is 2.23. The summed E-state index contributed by atoms with van der Waals surface area (Å²) in [4.78, 5) is 12.2. The molecule has 0 aliphatic heterocycles. The van der Waals surface area contributed by atoms with Gasteiger partial charge in [0.15, 0.2) is 0 Å². The van der Waals surface area contributed by atoms with Crippen LogP contribution in [-0.2, 0) is 10.0 Å². The molecular formula is C14H17ClN4O3S2. The molecule has 0 radical (unpaired) electrons. The van der Waals surface area contributed by atoms with Crippen LogP contribution < -0.4 is 5.32 Å². The fourth-order valence-corrected chi connectivity index (χ4v) is 3.86. The van der Waals surface area contributed by atoms with Gasteiger partial charge in [0.05, 0.1) is 5.02 Å². The third kappa shape index (κ3) is 3.92. The summed E-state index contributed by atoms with van der Waals surface area (Å²) in [6, 6.07) is 4.08. The van der Waals surface area contributed by atoms with E-state index in [0.717, 1.165) is 9.31 Å². The summed E-state index contributed by atoms with van der Waals surface area (Å²) in [5.41, 5.74) is 0.168. The molecule has 1 heterocycles. The second kappa shape index (κ2) is 7.14. The van der Waals surface area contributed by atoms with Gasteiger partial charge in [0.2, 0.25) is 15.2 Å². The number of carbonyl (C=O) groups excluding carboxylic acids is 1. The Bertz CT molecular complexity index is 863. The van der Waals surface area contributed by atoms with Crippen LogP contribution in [0.2, 0.25) is 5.02 Å². The quantitative estimate of drug-likeness (QED) is 0.850. The fraction of sp³-hybridized carbons (Fsp3) is 0.357. The van der Waals surface area contributed by atoms with Crippen molar-refractivity contribution < 1.29 is 13.2 Å². The van der Waals surface area contributed by atoms with E-state index in [1.54, 1.807) is 0 Å². The van der Waals surface area contributed by atoms with E-state index in [9.17, 15) is 13.2 Å². The molecule has 0 fully saturated rings. The van der Waals surface area contributed by atoms with E-state index in [0.29, 0.717) is 5.13 Å². The summed E-state index contributed by atoms with van der Waals surface area (Å²) in [6.07, 6.45) is 0. The molecule has 2 aromatic rings. The molecule has 7 nitrogen and oxygen atoms in total. The number of amides is 1. The number of hydrogen-bond donors (Lipinski definition) is 1. The Morgan fingerprint density at radius 2 is 1.96 bits per heavy atom. The van der Waals surface area contributed by atoms with Crippen molar-refractivity contribution in [2.45, 2.75) is 24.7 Å². The second-order valence-corrected chi connectivity index (χ2v) is 9.02. The van der Waals surface area contributed by atoms with Gasteiger partial charge in [0, 0.05) is 25.6 Å². The number of anilines is 1. The van der Waals surface area contributed by atoms with E-state index in [4.69, 9.17) is 11.6 Å². The molecule has 1 N–H and O–H groups in total. The topological polar surface area (TPSA) is 92.3 Å². The van der Waals surface area contributed by atoms with Gasteiger partial charge in [0.25, 0.3) is 5.91 Å². The summed E-state index contributed by atoms with van der Waals surface area (Å²) in [5, 5.41) is 11.7. The van der Waals surface area contributed by atoms with Crippen molar-refractivity contribution in [2.24, 2.45) is 0 Å². The first kappa shape index (κ1) is 18.8. The summed E-state index contributed by atoms with van der Waals surface area (Å²) < 4.78 is 25.5. The van der Waals surface area contributed by atoms with Crippen molar-refractivity contribution in [1.82, 2.24) is 14.5 Å². The van der Waals surface area contributed by atoms with Crippen molar-refractivity contribution in [3.8, 4) is 0 Å². The number of hydrogen-bond acceptors (Lipinski definition) is 6. The smallest absolute Gasteiger partial charge is 0.257 e. The van der Waals surface area contributed by atoms with Crippen LogP contribution in [0.1, 0.15) is 35.1 Å². The molecule has 0 aliphatic rings. The van der Waals surface area contributed by atoms with Crippen molar-refractivity contribution in [3.63, 3.8) is 0 Å². The van der Waals surface area contributed by atoms with Gasteiger partial charge in [-0.3, -0.25) is 10.1 Å². The van der Waals surface area contributed by atoms with Crippen LogP contribution in [0.3, 0.4) is 0 Å². The SMILES string of the molecule is CC(C)c1nnc(NC(=O)c2ccc(Cl)c(S(=O)(=O)N(C)C)c2)s1. The molecule has 0 spiro atoms. The molecule has 0 saturated heterocycles. The molecule has 2 rings (SSSR count). The summed E-state index contributed by atoms with van der Waals surface area (Å²) in [5.74, 6) is -0.270. The summed E-state index contributed by atoms with van der Waals surface area (Å²) in [6.45, 7) is 3.95. The van der Waals surface area contributed by atoms with Crippen molar-refractivity contribution >= 4 is 44.0 Å². The van der Waals surface area contributed by atoms with Crippen molar-refractivity contribution in [3.05, 3.63) is 33.8 Å².